The zero-order chi connectivity index (χ0) is 21.5. The van der Waals surface area contributed by atoms with E-state index >= 15 is 0 Å². The van der Waals surface area contributed by atoms with Crippen molar-refractivity contribution >= 4 is 17.7 Å². The molecule has 1 aliphatic rings. The van der Waals surface area contributed by atoms with E-state index in [1.165, 1.54) is 23.4 Å². The van der Waals surface area contributed by atoms with Crippen LogP contribution in [0.25, 0.3) is 11.5 Å². The van der Waals surface area contributed by atoms with Crippen LogP contribution in [-0.4, -0.2) is 48.3 Å². The minimum Gasteiger partial charge on any atom is -0.444 e. The van der Waals surface area contributed by atoms with Crippen molar-refractivity contribution in [2.24, 2.45) is 10.9 Å². The fraction of sp³-hybridized carbons (Fsp3) is 0.333. The molecule has 5 nitrogen and oxygen atoms in total. The molecule has 0 bridgehead atoms. The van der Waals surface area contributed by atoms with E-state index in [0.29, 0.717) is 11.8 Å². The summed E-state index contributed by atoms with van der Waals surface area (Å²) in [5.74, 6) is 2.97. The Morgan fingerprint density at radius 3 is 2.81 bits per heavy atom. The summed E-state index contributed by atoms with van der Waals surface area (Å²) >= 11 is 1.93. The van der Waals surface area contributed by atoms with Crippen LogP contribution in [0.3, 0.4) is 0 Å². The molecule has 2 heterocycles. The maximum absolute atomic E-state index is 13.1. The van der Waals surface area contributed by atoms with Crippen LogP contribution in [-0.2, 0) is 6.42 Å². The van der Waals surface area contributed by atoms with Gasteiger partial charge in [0.15, 0.2) is 5.96 Å². The van der Waals surface area contributed by atoms with Crippen LogP contribution in [0.4, 0.5) is 4.39 Å². The van der Waals surface area contributed by atoms with Crippen molar-refractivity contribution in [1.29, 1.82) is 0 Å². The largest absolute Gasteiger partial charge is 0.444 e. The third kappa shape index (κ3) is 5.88. The molecule has 1 fully saturated rings. The number of aromatic nitrogens is 1. The topological polar surface area (TPSA) is 53.7 Å². The molecule has 1 aliphatic heterocycles. The highest BCUT2D eigenvalue weighted by Crippen LogP contribution is 2.26. The van der Waals surface area contributed by atoms with E-state index in [2.05, 4.69) is 50.5 Å². The number of thioether (sulfide) groups is 1. The monoisotopic (exact) mass is 438 g/mol. The van der Waals surface area contributed by atoms with Gasteiger partial charge in [0.25, 0.3) is 0 Å². The third-order valence-electron chi connectivity index (χ3n) is 5.33. The number of benzene rings is 2. The summed E-state index contributed by atoms with van der Waals surface area (Å²) in [6.45, 7) is 2.78. The minimum atomic E-state index is -0.270. The first-order valence-electron chi connectivity index (χ1n) is 10.5. The Morgan fingerprint density at radius 1 is 1.23 bits per heavy atom. The molecule has 0 radical (unpaired) electrons. The highest BCUT2D eigenvalue weighted by Gasteiger charge is 2.24. The van der Waals surface area contributed by atoms with Crippen molar-refractivity contribution in [2.75, 3.05) is 32.4 Å². The lowest BCUT2D eigenvalue weighted by Gasteiger charge is -2.21. The normalized spacial score (nSPS) is 16.6. The fourth-order valence-corrected chi connectivity index (χ4v) is 4.72. The molecule has 7 heteroatoms. The molecule has 0 amide bonds. The molecule has 162 valence electrons. The standard InChI is InChI=1S/C24H27FN4OS/c1-26-24(29-14-12-18(15-29)17-31-22-5-3-2-4-6-22)27-13-11-21-16-30-23(28-21)19-7-9-20(25)10-8-19/h2-10,16,18H,11-15,17H2,1H3,(H,26,27). The van der Waals surface area contributed by atoms with Gasteiger partial charge in [0.1, 0.15) is 12.1 Å². The Balaban J connectivity index is 1.22. The van der Waals surface area contributed by atoms with Gasteiger partial charge in [0.05, 0.1) is 5.69 Å². The molecule has 1 aromatic heterocycles. The number of nitrogens with zero attached hydrogens (tertiary/aromatic N) is 3. The lowest BCUT2D eigenvalue weighted by Crippen LogP contribution is -2.41. The molecule has 0 spiro atoms. The highest BCUT2D eigenvalue weighted by molar-refractivity contribution is 7.99. The third-order valence-corrected chi connectivity index (χ3v) is 6.58. The first kappa shape index (κ1) is 21.4. The SMILES string of the molecule is CN=C(NCCc1coc(-c2ccc(F)cc2)n1)N1CCC(CSc2ccccc2)C1. The van der Waals surface area contributed by atoms with Gasteiger partial charge in [-0.2, -0.15) is 0 Å². The van der Waals surface area contributed by atoms with Crippen molar-refractivity contribution in [3.63, 3.8) is 0 Å². The van der Waals surface area contributed by atoms with Crippen LogP contribution >= 0.6 is 11.8 Å². The van der Waals surface area contributed by atoms with Crippen molar-refractivity contribution in [2.45, 2.75) is 17.7 Å². The van der Waals surface area contributed by atoms with Gasteiger partial charge in [-0.3, -0.25) is 4.99 Å². The van der Waals surface area contributed by atoms with Crippen molar-refractivity contribution < 1.29 is 8.81 Å². The Hall–Kier alpha value is -2.80. The number of hydrogen-bond acceptors (Lipinski definition) is 4. The van der Waals surface area contributed by atoms with Crippen LogP contribution in [0.5, 0.6) is 0 Å². The Bertz CT molecular complexity index is 990. The van der Waals surface area contributed by atoms with E-state index in [4.69, 9.17) is 4.42 Å². The number of rotatable bonds is 7. The van der Waals surface area contributed by atoms with Gasteiger partial charge in [-0.1, -0.05) is 18.2 Å². The summed E-state index contributed by atoms with van der Waals surface area (Å²) in [6, 6.07) is 16.7. The quantitative estimate of drug-likeness (QED) is 0.329. The second-order valence-electron chi connectivity index (χ2n) is 7.60. The van der Waals surface area contributed by atoms with Gasteiger partial charge in [0, 0.05) is 49.3 Å². The van der Waals surface area contributed by atoms with Crippen LogP contribution in [0.1, 0.15) is 12.1 Å². The Morgan fingerprint density at radius 2 is 2.03 bits per heavy atom. The van der Waals surface area contributed by atoms with Crippen molar-refractivity contribution in [1.82, 2.24) is 15.2 Å². The lowest BCUT2D eigenvalue weighted by atomic mass is 10.2. The number of oxazole rings is 1. The lowest BCUT2D eigenvalue weighted by molar-refractivity contribution is 0.474. The van der Waals surface area contributed by atoms with Gasteiger partial charge in [-0.25, -0.2) is 9.37 Å². The second-order valence-corrected chi connectivity index (χ2v) is 8.69. The maximum Gasteiger partial charge on any atom is 0.226 e. The highest BCUT2D eigenvalue weighted by atomic mass is 32.2. The van der Waals surface area contributed by atoms with Gasteiger partial charge in [-0.05, 0) is 48.7 Å². The molecule has 1 N–H and O–H groups in total. The van der Waals surface area contributed by atoms with Crippen LogP contribution in [0.2, 0.25) is 0 Å². The molecule has 4 rings (SSSR count). The predicted molar refractivity (Wildman–Crippen MR) is 124 cm³/mol. The minimum absolute atomic E-state index is 0.270. The van der Waals surface area contributed by atoms with E-state index in [-0.39, 0.29) is 5.82 Å². The van der Waals surface area contributed by atoms with Crippen molar-refractivity contribution in [3.05, 3.63) is 72.4 Å². The first-order valence-corrected chi connectivity index (χ1v) is 11.5. The maximum atomic E-state index is 13.1. The summed E-state index contributed by atoms with van der Waals surface area (Å²) in [7, 11) is 1.83. The molecule has 1 unspecified atom stereocenters. The molecule has 1 atom stereocenters. The Kier molecular flexibility index (Phi) is 7.25. The molecule has 31 heavy (non-hydrogen) atoms. The van der Waals surface area contributed by atoms with E-state index in [1.807, 2.05) is 18.8 Å². The van der Waals surface area contributed by atoms with E-state index in [0.717, 1.165) is 49.0 Å². The average Bonchev–Trinajstić information content (AvgIpc) is 3.47. The fourth-order valence-electron chi connectivity index (χ4n) is 3.67. The summed E-state index contributed by atoms with van der Waals surface area (Å²) in [5.41, 5.74) is 1.63. The van der Waals surface area contributed by atoms with E-state index in [9.17, 15) is 4.39 Å². The number of halogens is 1. The molecule has 2 aromatic carbocycles. The summed E-state index contributed by atoms with van der Waals surface area (Å²) in [6.07, 6.45) is 3.57. The number of guanidine groups is 1. The van der Waals surface area contributed by atoms with Gasteiger partial charge < -0.3 is 14.6 Å². The summed E-state index contributed by atoms with van der Waals surface area (Å²) in [4.78, 5) is 12.6. The predicted octanol–water partition coefficient (Wildman–Crippen LogP) is 4.71. The molecule has 3 aromatic rings. The van der Waals surface area contributed by atoms with E-state index in [1.54, 1.807) is 18.4 Å². The van der Waals surface area contributed by atoms with E-state index < -0.39 is 0 Å². The zero-order valence-electron chi connectivity index (χ0n) is 17.6. The van der Waals surface area contributed by atoms with Gasteiger partial charge in [-0.15, -0.1) is 11.8 Å². The number of hydrogen-bond donors (Lipinski definition) is 1. The molecular weight excluding hydrogens is 411 g/mol. The van der Waals surface area contributed by atoms with Crippen LogP contribution in [0.15, 0.2) is 75.2 Å². The molecule has 0 saturated carbocycles. The number of nitrogens with one attached hydrogen (secondary N) is 1. The van der Waals surface area contributed by atoms with Gasteiger partial charge in [0.2, 0.25) is 5.89 Å². The average molecular weight is 439 g/mol. The second kappa shape index (κ2) is 10.5. The molecule has 1 saturated heterocycles. The van der Waals surface area contributed by atoms with Gasteiger partial charge >= 0.3 is 0 Å². The van der Waals surface area contributed by atoms with Crippen LogP contribution in [0, 0.1) is 11.7 Å². The smallest absolute Gasteiger partial charge is 0.226 e. The Labute approximate surface area is 186 Å². The zero-order valence-corrected chi connectivity index (χ0v) is 18.4. The number of aliphatic imine (C=N–C) groups is 1. The molecular formula is C24H27FN4OS. The first-order chi connectivity index (χ1) is 15.2. The number of likely N-dealkylation sites (tertiary alicyclic amines) is 1. The molecule has 0 aliphatic carbocycles. The van der Waals surface area contributed by atoms with Crippen LogP contribution < -0.4 is 5.32 Å². The summed E-state index contributed by atoms with van der Waals surface area (Å²) in [5, 5.41) is 3.45. The summed E-state index contributed by atoms with van der Waals surface area (Å²) < 4.78 is 18.6. The van der Waals surface area contributed by atoms with Crippen molar-refractivity contribution in [3.8, 4) is 11.5 Å².